The van der Waals surface area contributed by atoms with Crippen LogP contribution in [0.25, 0.3) is 0 Å². The van der Waals surface area contributed by atoms with Gasteiger partial charge in [-0.1, -0.05) is 34.6 Å². The van der Waals surface area contributed by atoms with Crippen molar-refractivity contribution in [3.63, 3.8) is 0 Å². The minimum Gasteiger partial charge on any atom is -0.457 e. The van der Waals surface area contributed by atoms with Gasteiger partial charge in [-0.3, -0.25) is 4.79 Å². The van der Waals surface area contributed by atoms with E-state index in [-0.39, 0.29) is 39.9 Å². The summed E-state index contributed by atoms with van der Waals surface area (Å²) < 4.78 is 12.0. The van der Waals surface area contributed by atoms with Gasteiger partial charge in [0, 0.05) is 30.1 Å². The monoisotopic (exact) mass is 564 g/mol. The van der Waals surface area contributed by atoms with Gasteiger partial charge in [0.15, 0.2) is 11.9 Å². The summed E-state index contributed by atoms with van der Waals surface area (Å²) in [5.41, 5.74) is -3.19. The number of rotatable bonds is 3. The van der Waals surface area contributed by atoms with Crippen LogP contribution in [0.2, 0.25) is 0 Å². The number of aliphatic hydroxyl groups excluding tert-OH is 3. The lowest BCUT2D eigenvalue weighted by Crippen LogP contribution is -2.62. The number of carbonyl (C=O) groups excluding carboxylic acids is 1. The third-order valence-electron chi connectivity index (χ3n) is 14.2. The molecule has 1 unspecified atom stereocenters. The third kappa shape index (κ3) is 3.17. The van der Waals surface area contributed by atoms with Crippen LogP contribution in [0.4, 0.5) is 0 Å². The molecule has 8 heteroatoms. The van der Waals surface area contributed by atoms with E-state index in [1.807, 2.05) is 0 Å². The maximum absolute atomic E-state index is 12.4. The Labute approximate surface area is 238 Å². The van der Waals surface area contributed by atoms with Crippen molar-refractivity contribution in [3.8, 4) is 0 Å². The van der Waals surface area contributed by atoms with Crippen molar-refractivity contribution < 1.29 is 39.8 Å². The highest BCUT2D eigenvalue weighted by Crippen LogP contribution is 2.89. The predicted molar refractivity (Wildman–Crippen MR) is 147 cm³/mol. The number of aliphatic hydroxyl groups is 5. The molecule has 228 valence electrons. The van der Waals surface area contributed by atoms with Crippen LogP contribution >= 0.6 is 0 Å². The van der Waals surface area contributed by atoms with Gasteiger partial charge in [0.25, 0.3) is 0 Å². The Kier molecular flexibility index (Phi) is 6.03. The number of hydrogen-bond donors (Lipinski definition) is 5. The fraction of sp³-hybridized carbons (Fsp3) is 0.969. The largest absolute Gasteiger partial charge is 0.457 e. The summed E-state index contributed by atoms with van der Waals surface area (Å²) in [7, 11) is 0. The van der Waals surface area contributed by atoms with Crippen molar-refractivity contribution in [3.05, 3.63) is 0 Å². The van der Waals surface area contributed by atoms with Crippen molar-refractivity contribution in [2.45, 2.75) is 142 Å². The quantitative estimate of drug-likeness (QED) is 0.330. The smallest absolute Gasteiger partial charge is 0.303 e. The molecule has 5 saturated carbocycles. The van der Waals surface area contributed by atoms with E-state index in [2.05, 4.69) is 34.6 Å². The average Bonchev–Trinajstić information content (AvgIpc) is 3.49. The number of hydrogen-bond acceptors (Lipinski definition) is 8. The van der Waals surface area contributed by atoms with E-state index >= 15 is 0 Å². The average molecular weight is 565 g/mol. The molecule has 5 N–H and O–H groups in total. The van der Waals surface area contributed by atoms with E-state index < -0.39 is 58.7 Å². The predicted octanol–water partition coefficient (Wildman–Crippen LogP) is 3.15. The second-order valence-corrected chi connectivity index (χ2v) is 16.5. The maximum Gasteiger partial charge on any atom is 0.303 e. The molecule has 2 spiro atoms. The minimum atomic E-state index is -1.86. The molecular formula is C32H52O8. The molecule has 8 nitrogen and oxygen atoms in total. The van der Waals surface area contributed by atoms with Crippen molar-refractivity contribution in [2.24, 2.45) is 50.7 Å². The zero-order valence-electron chi connectivity index (χ0n) is 25.6. The molecule has 1 heterocycles. The zero-order valence-corrected chi connectivity index (χ0v) is 25.6. The summed E-state index contributed by atoms with van der Waals surface area (Å²) in [4.78, 5) is 12.0. The van der Waals surface area contributed by atoms with E-state index in [0.29, 0.717) is 12.8 Å². The molecule has 0 radical (unpaired) electrons. The van der Waals surface area contributed by atoms with Gasteiger partial charge in [-0.15, -0.1) is 0 Å². The molecule has 6 fully saturated rings. The van der Waals surface area contributed by atoms with Crippen LogP contribution in [0.3, 0.4) is 0 Å². The summed E-state index contributed by atoms with van der Waals surface area (Å²) in [5, 5.41) is 58.2. The first-order valence-corrected chi connectivity index (χ1v) is 15.6. The van der Waals surface area contributed by atoms with Gasteiger partial charge >= 0.3 is 5.97 Å². The lowest BCUT2D eigenvalue weighted by molar-refractivity contribution is -0.342. The Morgan fingerprint density at radius 3 is 2.23 bits per heavy atom. The lowest BCUT2D eigenvalue weighted by Gasteiger charge is -2.64. The molecule has 6 aliphatic rings. The highest BCUT2D eigenvalue weighted by molar-refractivity contribution is 5.66. The van der Waals surface area contributed by atoms with Crippen molar-refractivity contribution in [1.29, 1.82) is 0 Å². The molecular weight excluding hydrogens is 512 g/mol. The van der Waals surface area contributed by atoms with E-state index in [1.54, 1.807) is 13.8 Å². The molecule has 0 aromatic rings. The first-order valence-electron chi connectivity index (χ1n) is 15.6. The molecule has 1 saturated heterocycles. The molecule has 0 aromatic heterocycles. The van der Waals surface area contributed by atoms with E-state index in [0.717, 1.165) is 32.1 Å². The standard InChI is InChI=1S/C32H52O8/c1-16-13-18(24(27(5,6)37)39-17(2)33)40-32(38)23(16)28(7)11-12-30-15-31(30)19(26(3,4)21(34)14-22(31)35)9-10-20(30)29(28,8)25(32)36/h16,18-25,34-38H,9-15H2,1-8H3/t16-,18-,19+,20+,21+,22+,23-,24+,25-,28-,29-,30+,31-,32?/m1/s1. The van der Waals surface area contributed by atoms with Crippen molar-refractivity contribution >= 4 is 5.97 Å². The molecule has 14 atom stereocenters. The Morgan fingerprint density at radius 1 is 1.00 bits per heavy atom. The third-order valence-corrected chi connectivity index (χ3v) is 14.2. The fourth-order valence-corrected chi connectivity index (χ4v) is 12.5. The van der Waals surface area contributed by atoms with Gasteiger partial charge in [-0.05, 0) is 86.4 Å². The highest BCUT2D eigenvalue weighted by Gasteiger charge is 2.88. The fourth-order valence-electron chi connectivity index (χ4n) is 12.5. The normalized spacial score (nSPS) is 57.0. The van der Waals surface area contributed by atoms with E-state index in [9.17, 15) is 30.3 Å². The minimum absolute atomic E-state index is 0.0569. The molecule has 40 heavy (non-hydrogen) atoms. The summed E-state index contributed by atoms with van der Waals surface area (Å²) in [5.74, 6) is -2.49. The van der Waals surface area contributed by atoms with Gasteiger partial charge in [-0.25, -0.2) is 0 Å². The zero-order chi connectivity index (χ0) is 29.6. The molecule has 0 amide bonds. The molecule has 0 aromatic carbocycles. The number of esters is 1. The van der Waals surface area contributed by atoms with Gasteiger partial charge in [0.2, 0.25) is 0 Å². The first kappa shape index (κ1) is 29.3. The van der Waals surface area contributed by atoms with Crippen LogP contribution in [0.1, 0.15) is 100 Å². The lowest BCUT2D eigenvalue weighted by atomic mass is 9.41. The molecule has 5 aliphatic carbocycles. The summed E-state index contributed by atoms with van der Waals surface area (Å²) in [6.45, 7) is 15.2. The van der Waals surface area contributed by atoms with Crippen LogP contribution in [0.5, 0.6) is 0 Å². The maximum atomic E-state index is 12.4. The second kappa shape index (κ2) is 8.23. The second-order valence-electron chi connectivity index (χ2n) is 16.5. The van der Waals surface area contributed by atoms with E-state index in [4.69, 9.17) is 9.47 Å². The topological polar surface area (TPSA) is 137 Å². The van der Waals surface area contributed by atoms with Crippen molar-refractivity contribution in [2.75, 3.05) is 0 Å². The van der Waals surface area contributed by atoms with Crippen LogP contribution in [0, 0.1) is 50.7 Å². The molecule has 6 rings (SSSR count). The van der Waals surface area contributed by atoms with Gasteiger partial charge in [0.1, 0.15) is 12.2 Å². The Bertz CT molecular complexity index is 1090. The van der Waals surface area contributed by atoms with Gasteiger partial charge in [-0.2, -0.15) is 0 Å². The van der Waals surface area contributed by atoms with Crippen LogP contribution in [0.15, 0.2) is 0 Å². The number of ether oxygens (including phenoxy) is 2. The number of carbonyl (C=O) groups is 1. The Morgan fingerprint density at radius 2 is 1.62 bits per heavy atom. The summed E-state index contributed by atoms with van der Waals surface area (Å²) >= 11 is 0. The van der Waals surface area contributed by atoms with Crippen LogP contribution < -0.4 is 0 Å². The Balaban J connectivity index is 1.40. The first-order chi connectivity index (χ1) is 18.2. The SMILES string of the molecule is CC(=O)O[C@@H]([C@H]1C[C@@H](C)[C@H]2C(O)(O1)[C@H](O)[C@@]1(C)[C@@H]3CC[C@H]4C(C)(C)[C@@H](O)C[C@H](O)[C@@]45C[C@@]35CC[C@]21C)C(C)(C)O. The van der Waals surface area contributed by atoms with Crippen LogP contribution in [-0.4, -0.2) is 73.4 Å². The van der Waals surface area contributed by atoms with Gasteiger partial charge < -0.3 is 35.0 Å². The number of fused-ring (bicyclic) bond motifs is 4. The highest BCUT2D eigenvalue weighted by atomic mass is 16.7. The van der Waals surface area contributed by atoms with Crippen molar-refractivity contribution in [1.82, 2.24) is 0 Å². The van der Waals surface area contributed by atoms with Crippen LogP contribution in [-0.2, 0) is 14.3 Å². The summed E-state index contributed by atoms with van der Waals surface area (Å²) in [6.07, 6.45) is 1.20. The Hall–Kier alpha value is -0.770. The molecule has 1 aliphatic heterocycles. The molecule has 0 bridgehead atoms. The van der Waals surface area contributed by atoms with Gasteiger partial charge in [0.05, 0.1) is 17.8 Å². The van der Waals surface area contributed by atoms with E-state index in [1.165, 1.54) is 6.92 Å². The summed E-state index contributed by atoms with van der Waals surface area (Å²) in [6, 6.07) is 0.